The van der Waals surface area contributed by atoms with E-state index in [-0.39, 0.29) is 17.9 Å². The van der Waals surface area contributed by atoms with Crippen molar-refractivity contribution in [1.82, 2.24) is 5.32 Å². The molecular formula is C10H12FNO4. The number of benzene rings is 1. The normalized spacial score (nSPS) is 11.9. The summed E-state index contributed by atoms with van der Waals surface area (Å²) in [7, 11) is 1.31. The number of carboxylic acid groups (broad SMARTS) is 1. The molecule has 0 aliphatic carbocycles. The number of amides is 1. The lowest BCUT2D eigenvalue weighted by atomic mass is 10.1. The zero-order chi connectivity index (χ0) is 12.1. The van der Waals surface area contributed by atoms with Crippen molar-refractivity contribution in [3.05, 3.63) is 29.6 Å². The minimum absolute atomic E-state index is 0.00637. The Morgan fingerprint density at radius 3 is 2.88 bits per heavy atom. The molecule has 1 atom stereocenters. The maximum atomic E-state index is 13.6. The third-order valence-electron chi connectivity index (χ3n) is 2.02. The fourth-order valence-electron chi connectivity index (χ4n) is 1.24. The van der Waals surface area contributed by atoms with Crippen LogP contribution in [-0.4, -0.2) is 30.0 Å². The molecule has 0 saturated heterocycles. The standard InChI is InChI=1S/C10H12FNO4/c1-16-8-4-2-3-6(9(8)11)7(13)5-12-10(14)15/h2-4,7,12-13H,5H2,1H3,(H,14,15). The molecule has 5 nitrogen and oxygen atoms in total. The molecule has 0 aromatic heterocycles. The molecule has 0 aliphatic rings. The molecule has 3 N–H and O–H groups in total. The van der Waals surface area contributed by atoms with Crippen LogP contribution in [0, 0.1) is 5.82 Å². The van der Waals surface area contributed by atoms with E-state index >= 15 is 0 Å². The van der Waals surface area contributed by atoms with Gasteiger partial charge in [-0.15, -0.1) is 0 Å². The molecule has 6 heteroatoms. The number of hydrogen-bond acceptors (Lipinski definition) is 3. The van der Waals surface area contributed by atoms with Gasteiger partial charge in [0.15, 0.2) is 11.6 Å². The minimum Gasteiger partial charge on any atom is -0.494 e. The van der Waals surface area contributed by atoms with Crippen molar-refractivity contribution in [3.8, 4) is 5.75 Å². The lowest BCUT2D eigenvalue weighted by Gasteiger charge is -2.13. The van der Waals surface area contributed by atoms with Crippen molar-refractivity contribution in [2.75, 3.05) is 13.7 Å². The van der Waals surface area contributed by atoms with Gasteiger partial charge in [-0.3, -0.25) is 0 Å². The van der Waals surface area contributed by atoms with Crippen molar-refractivity contribution in [1.29, 1.82) is 0 Å². The van der Waals surface area contributed by atoms with Crippen LogP contribution in [0.2, 0.25) is 0 Å². The summed E-state index contributed by atoms with van der Waals surface area (Å²) in [5.74, 6) is -0.684. The number of nitrogens with one attached hydrogen (secondary N) is 1. The fourth-order valence-corrected chi connectivity index (χ4v) is 1.24. The molecule has 1 unspecified atom stereocenters. The predicted molar refractivity (Wildman–Crippen MR) is 53.9 cm³/mol. The molecule has 0 spiro atoms. The second-order valence-electron chi connectivity index (χ2n) is 3.07. The van der Waals surface area contributed by atoms with E-state index in [2.05, 4.69) is 0 Å². The molecule has 88 valence electrons. The molecule has 1 rings (SSSR count). The summed E-state index contributed by atoms with van der Waals surface area (Å²) in [4.78, 5) is 10.2. The second-order valence-corrected chi connectivity index (χ2v) is 3.07. The first-order valence-corrected chi connectivity index (χ1v) is 4.53. The van der Waals surface area contributed by atoms with E-state index in [4.69, 9.17) is 9.84 Å². The Bertz CT molecular complexity index is 383. The van der Waals surface area contributed by atoms with Crippen LogP contribution >= 0.6 is 0 Å². The molecule has 0 heterocycles. The van der Waals surface area contributed by atoms with Crippen molar-refractivity contribution >= 4 is 6.09 Å². The van der Waals surface area contributed by atoms with E-state index in [9.17, 15) is 14.3 Å². The quantitative estimate of drug-likeness (QED) is 0.723. The average molecular weight is 229 g/mol. The topological polar surface area (TPSA) is 78.8 Å². The highest BCUT2D eigenvalue weighted by molar-refractivity contribution is 5.64. The first kappa shape index (κ1) is 12.3. The van der Waals surface area contributed by atoms with Gasteiger partial charge in [0, 0.05) is 5.56 Å². The fraction of sp³-hybridized carbons (Fsp3) is 0.300. The van der Waals surface area contributed by atoms with Crippen molar-refractivity contribution < 1.29 is 24.1 Å². The Labute approximate surface area is 91.5 Å². The molecule has 0 bridgehead atoms. The monoisotopic (exact) mass is 229 g/mol. The Balaban J connectivity index is 2.82. The second kappa shape index (κ2) is 5.32. The molecule has 16 heavy (non-hydrogen) atoms. The summed E-state index contributed by atoms with van der Waals surface area (Å²) in [6.07, 6.45) is -2.52. The maximum absolute atomic E-state index is 13.6. The van der Waals surface area contributed by atoms with E-state index in [1.165, 1.54) is 25.3 Å². The van der Waals surface area contributed by atoms with Crippen molar-refractivity contribution in [3.63, 3.8) is 0 Å². The zero-order valence-corrected chi connectivity index (χ0v) is 8.61. The number of methoxy groups -OCH3 is 1. The van der Waals surface area contributed by atoms with Crippen LogP contribution in [0.15, 0.2) is 18.2 Å². The van der Waals surface area contributed by atoms with Crippen LogP contribution in [0.3, 0.4) is 0 Å². The minimum atomic E-state index is -1.28. The highest BCUT2D eigenvalue weighted by Crippen LogP contribution is 2.24. The molecule has 0 aliphatic heterocycles. The van der Waals surface area contributed by atoms with Gasteiger partial charge in [0.1, 0.15) is 0 Å². The van der Waals surface area contributed by atoms with Crippen LogP contribution in [0.25, 0.3) is 0 Å². The van der Waals surface area contributed by atoms with Crippen LogP contribution in [-0.2, 0) is 0 Å². The number of aliphatic hydroxyl groups excluding tert-OH is 1. The summed E-state index contributed by atoms with van der Waals surface area (Å²) in [5, 5.41) is 19.9. The SMILES string of the molecule is COc1cccc(C(O)CNC(=O)O)c1F. The molecular weight excluding hydrogens is 217 g/mol. The molecule has 0 fully saturated rings. The largest absolute Gasteiger partial charge is 0.494 e. The third kappa shape index (κ3) is 2.83. The lowest BCUT2D eigenvalue weighted by molar-refractivity contribution is 0.155. The Morgan fingerprint density at radius 1 is 1.62 bits per heavy atom. The average Bonchev–Trinajstić information content (AvgIpc) is 2.26. The predicted octanol–water partition coefficient (Wildman–Crippen LogP) is 1.14. The van der Waals surface area contributed by atoms with Gasteiger partial charge in [0.25, 0.3) is 0 Å². The highest BCUT2D eigenvalue weighted by atomic mass is 19.1. The number of halogens is 1. The number of ether oxygens (including phenoxy) is 1. The maximum Gasteiger partial charge on any atom is 0.404 e. The van der Waals surface area contributed by atoms with Gasteiger partial charge in [0.05, 0.1) is 19.8 Å². The summed E-state index contributed by atoms with van der Waals surface area (Å²) in [6, 6.07) is 4.30. The molecule has 0 radical (unpaired) electrons. The third-order valence-corrected chi connectivity index (χ3v) is 2.02. The zero-order valence-electron chi connectivity index (χ0n) is 8.61. The van der Waals surface area contributed by atoms with E-state index in [0.717, 1.165) is 0 Å². The first-order valence-electron chi connectivity index (χ1n) is 4.53. The van der Waals surface area contributed by atoms with Crippen molar-refractivity contribution in [2.45, 2.75) is 6.10 Å². The summed E-state index contributed by atoms with van der Waals surface area (Å²) >= 11 is 0. The lowest BCUT2D eigenvalue weighted by Crippen LogP contribution is -2.26. The van der Waals surface area contributed by atoms with Crippen molar-refractivity contribution in [2.24, 2.45) is 0 Å². The molecule has 1 aromatic rings. The molecule has 0 saturated carbocycles. The first-order chi connectivity index (χ1) is 7.56. The van der Waals surface area contributed by atoms with Gasteiger partial charge in [0.2, 0.25) is 0 Å². The van der Waals surface area contributed by atoms with E-state index < -0.39 is 18.0 Å². The Kier molecular flexibility index (Phi) is 4.07. The summed E-state index contributed by atoms with van der Waals surface area (Å²) in [6.45, 7) is -0.278. The van der Waals surface area contributed by atoms with Gasteiger partial charge in [-0.1, -0.05) is 12.1 Å². The van der Waals surface area contributed by atoms with Gasteiger partial charge in [-0.25, -0.2) is 9.18 Å². The van der Waals surface area contributed by atoms with Gasteiger partial charge in [-0.05, 0) is 6.07 Å². The smallest absolute Gasteiger partial charge is 0.404 e. The van der Waals surface area contributed by atoms with Crippen LogP contribution in [0.5, 0.6) is 5.75 Å². The number of hydrogen-bond donors (Lipinski definition) is 3. The number of aliphatic hydroxyl groups is 1. The van der Waals surface area contributed by atoms with E-state index in [1.807, 2.05) is 5.32 Å². The van der Waals surface area contributed by atoms with E-state index in [1.54, 1.807) is 0 Å². The van der Waals surface area contributed by atoms with Gasteiger partial charge in [-0.2, -0.15) is 0 Å². The molecule has 1 amide bonds. The Morgan fingerprint density at radius 2 is 2.31 bits per heavy atom. The highest BCUT2D eigenvalue weighted by Gasteiger charge is 2.16. The van der Waals surface area contributed by atoms with Crippen LogP contribution in [0.1, 0.15) is 11.7 Å². The van der Waals surface area contributed by atoms with Gasteiger partial charge < -0.3 is 20.3 Å². The van der Waals surface area contributed by atoms with E-state index in [0.29, 0.717) is 0 Å². The molecule has 1 aromatic carbocycles. The summed E-state index contributed by atoms with van der Waals surface area (Å²) < 4.78 is 18.3. The van der Waals surface area contributed by atoms with Crippen LogP contribution in [0.4, 0.5) is 9.18 Å². The van der Waals surface area contributed by atoms with Crippen LogP contribution < -0.4 is 10.1 Å². The summed E-state index contributed by atoms with van der Waals surface area (Å²) in [5.41, 5.74) is -0.00639. The number of rotatable bonds is 4. The van der Waals surface area contributed by atoms with Gasteiger partial charge >= 0.3 is 6.09 Å². The number of carbonyl (C=O) groups is 1. The Hall–Kier alpha value is -1.82.